The van der Waals surface area contributed by atoms with E-state index in [-0.39, 0.29) is 41.7 Å². The summed E-state index contributed by atoms with van der Waals surface area (Å²) in [4.78, 5) is 38.4. The van der Waals surface area contributed by atoms with Gasteiger partial charge >= 0.3 is 5.97 Å². The van der Waals surface area contributed by atoms with Crippen LogP contribution in [-0.4, -0.2) is 68.0 Å². The Morgan fingerprint density at radius 3 is 2.25 bits per heavy atom. The van der Waals surface area contributed by atoms with E-state index in [1.165, 1.54) is 20.8 Å². The van der Waals surface area contributed by atoms with Crippen molar-refractivity contribution in [2.45, 2.75) is 131 Å². The fraction of sp³-hybridized carbons (Fsp3) is 0.844. The molecule has 0 spiro atoms. The highest BCUT2D eigenvalue weighted by Crippen LogP contribution is 2.73. The Hall–Kier alpha value is -1.61. The fourth-order valence-electron chi connectivity index (χ4n) is 10.00. The van der Waals surface area contributed by atoms with Crippen LogP contribution in [0.2, 0.25) is 0 Å². The smallest absolute Gasteiger partial charge is 0.303 e. The highest BCUT2D eigenvalue weighted by molar-refractivity contribution is 6.01. The first-order valence-corrected chi connectivity index (χ1v) is 14.9. The zero-order chi connectivity index (χ0) is 30.4. The van der Waals surface area contributed by atoms with Crippen molar-refractivity contribution in [2.24, 2.45) is 39.4 Å². The van der Waals surface area contributed by atoms with E-state index in [0.29, 0.717) is 24.0 Å². The number of fused-ring (bicyclic) bond motifs is 5. The van der Waals surface area contributed by atoms with Gasteiger partial charge in [-0.05, 0) is 73.7 Å². The lowest BCUT2D eigenvalue weighted by molar-refractivity contribution is -0.227. The van der Waals surface area contributed by atoms with Gasteiger partial charge in [-0.1, -0.05) is 41.5 Å². The molecule has 4 rings (SSSR count). The number of carbonyl (C=O) groups excluding carboxylic acids is 3. The number of Topliss-reactive ketones (excluding diaryl/α,β-unsaturated/α-hetero) is 2. The first-order valence-electron chi connectivity index (χ1n) is 14.9. The Bertz CT molecular complexity index is 1120. The monoisotopic (exact) mass is 562 g/mol. The van der Waals surface area contributed by atoms with Crippen LogP contribution in [0.4, 0.5) is 0 Å². The van der Waals surface area contributed by atoms with E-state index >= 15 is 0 Å². The van der Waals surface area contributed by atoms with E-state index in [1.807, 2.05) is 20.8 Å². The zero-order valence-electron chi connectivity index (χ0n) is 25.7. The third kappa shape index (κ3) is 4.35. The van der Waals surface area contributed by atoms with Gasteiger partial charge in [0.05, 0.1) is 17.8 Å². The molecule has 0 aliphatic heterocycles. The minimum atomic E-state index is -1.51. The van der Waals surface area contributed by atoms with E-state index in [0.717, 1.165) is 12.8 Å². The van der Waals surface area contributed by atoms with Crippen LogP contribution in [0.1, 0.15) is 101 Å². The molecule has 0 bridgehead atoms. The van der Waals surface area contributed by atoms with E-state index in [2.05, 4.69) is 13.8 Å². The van der Waals surface area contributed by atoms with Crippen LogP contribution in [-0.2, 0) is 19.1 Å². The molecule has 10 atom stereocenters. The van der Waals surface area contributed by atoms with Crippen LogP contribution in [0.25, 0.3) is 0 Å². The summed E-state index contributed by atoms with van der Waals surface area (Å²) >= 11 is 0. The third-order valence-electron chi connectivity index (χ3n) is 12.0. The summed E-state index contributed by atoms with van der Waals surface area (Å²) in [6.07, 6.45) is -1.94. The van der Waals surface area contributed by atoms with E-state index in [9.17, 15) is 34.8 Å². The van der Waals surface area contributed by atoms with Crippen molar-refractivity contribution >= 4 is 17.5 Å². The molecule has 226 valence electrons. The number of aliphatic hydroxyl groups excluding tert-OH is 3. The van der Waals surface area contributed by atoms with Crippen LogP contribution in [0.15, 0.2) is 11.1 Å². The van der Waals surface area contributed by atoms with Gasteiger partial charge in [-0.15, -0.1) is 0 Å². The molecule has 0 saturated heterocycles. The average molecular weight is 563 g/mol. The number of hydrogen-bond donors (Lipinski definition) is 4. The molecule has 0 aromatic carbocycles. The fourth-order valence-corrected chi connectivity index (χ4v) is 10.00. The maximum absolute atomic E-state index is 13.8. The number of ether oxygens (including phenoxy) is 1. The molecular weight excluding hydrogens is 512 g/mol. The van der Waals surface area contributed by atoms with Crippen molar-refractivity contribution in [1.29, 1.82) is 0 Å². The summed E-state index contributed by atoms with van der Waals surface area (Å²) < 4.78 is 5.25. The topological polar surface area (TPSA) is 141 Å². The summed E-state index contributed by atoms with van der Waals surface area (Å²) in [6.45, 7) is 16.3. The quantitative estimate of drug-likeness (QED) is 0.361. The molecule has 4 aliphatic carbocycles. The molecule has 0 amide bonds. The van der Waals surface area contributed by atoms with Crippen LogP contribution >= 0.6 is 0 Å². The van der Waals surface area contributed by atoms with Gasteiger partial charge in [0, 0.05) is 36.2 Å². The first-order chi connectivity index (χ1) is 18.1. The van der Waals surface area contributed by atoms with Gasteiger partial charge in [-0.2, -0.15) is 0 Å². The summed E-state index contributed by atoms with van der Waals surface area (Å²) in [6, 6.07) is 0. The number of aliphatic hydroxyl groups is 4. The van der Waals surface area contributed by atoms with Gasteiger partial charge in [0.2, 0.25) is 0 Å². The number of carbonyl (C=O) groups is 3. The van der Waals surface area contributed by atoms with Crippen LogP contribution in [0.5, 0.6) is 0 Å². The van der Waals surface area contributed by atoms with Crippen LogP contribution in [0, 0.1) is 39.4 Å². The lowest BCUT2D eigenvalue weighted by Gasteiger charge is -2.69. The van der Waals surface area contributed by atoms with E-state index in [4.69, 9.17) is 4.74 Å². The number of esters is 1. The molecule has 3 saturated carbocycles. The van der Waals surface area contributed by atoms with Crippen LogP contribution in [0.3, 0.4) is 0 Å². The number of ketones is 2. The summed E-state index contributed by atoms with van der Waals surface area (Å²) in [5, 5.41) is 45.3. The molecule has 8 heteroatoms. The van der Waals surface area contributed by atoms with Crippen molar-refractivity contribution in [3.05, 3.63) is 11.1 Å². The summed E-state index contributed by atoms with van der Waals surface area (Å²) in [7, 11) is 0. The van der Waals surface area contributed by atoms with Crippen molar-refractivity contribution in [1.82, 2.24) is 0 Å². The number of rotatable bonds is 6. The zero-order valence-corrected chi connectivity index (χ0v) is 25.7. The minimum absolute atomic E-state index is 0.0294. The van der Waals surface area contributed by atoms with Crippen LogP contribution < -0.4 is 0 Å². The average Bonchev–Trinajstić information content (AvgIpc) is 3.09. The Morgan fingerprint density at radius 2 is 1.70 bits per heavy atom. The van der Waals surface area contributed by atoms with Gasteiger partial charge in [0.25, 0.3) is 0 Å². The molecule has 0 radical (unpaired) electrons. The number of hydrogen-bond acceptors (Lipinski definition) is 8. The second-order valence-corrected chi connectivity index (χ2v) is 15.2. The summed E-state index contributed by atoms with van der Waals surface area (Å²) in [5.74, 6) is -1.23. The molecule has 4 aliphatic rings. The molecule has 3 fully saturated rings. The van der Waals surface area contributed by atoms with E-state index < -0.39 is 58.1 Å². The molecule has 40 heavy (non-hydrogen) atoms. The minimum Gasteiger partial charge on any atom is -0.457 e. The second-order valence-electron chi connectivity index (χ2n) is 15.2. The molecule has 8 nitrogen and oxygen atoms in total. The second kappa shape index (κ2) is 9.72. The standard InChI is InChI=1S/C32H50O8/c1-16(14-18(34)27(29(5,6)39)40-17(2)33)22-19(35)15-32(9)23(22)24(37)25(38)26-30(7)12-11-21(36)28(3,4)20(30)10-13-31(26,32)8/h16,18,20,24-27,34,37-39H,10-15H2,1-9H3/t16-,18+,20+,24?,25+,26+,27-,30+,31+,32+/m1/s1. The Balaban J connectivity index is 1.75. The maximum atomic E-state index is 13.8. The Kier molecular flexibility index (Phi) is 7.61. The van der Waals surface area contributed by atoms with Gasteiger partial charge in [0.15, 0.2) is 11.9 Å². The Labute approximate surface area is 238 Å². The normalized spacial score (nSPS) is 41.5. The van der Waals surface area contributed by atoms with Gasteiger partial charge in [-0.3, -0.25) is 14.4 Å². The Morgan fingerprint density at radius 1 is 1.10 bits per heavy atom. The molecule has 4 N–H and O–H groups in total. The molecule has 0 aromatic rings. The van der Waals surface area contributed by atoms with Crippen molar-refractivity contribution in [2.75, 3.05) is 0 Å². The third-order valence-corrected chi connectivity index (χ3v) is 12.0. The number of allylic oxidation sites excluding steroid dienone is 1. The molecule has 0 aromatic heterocycles. The molecular formula is C32H50O8. The van der Waals surface area contributed by atoms with Crippen molar-refractivity contribution in [3.63, 3.8) is 0 Å². The largest absolute Gasteiger partial charge is 0.457 e. The van der Waals surface area contributed by atoms with Crippen molar-refractivity contribution in [3.8, 4) is 0 Å². The van der Waals surface area contributed by atoms with Gasteiger partial charge in [-0.25, -0.2) is 0 Å². The lowest BCUT2D eigenvalue weighted by atomic mass is 9.35. The van der Waals surface area contributed by atoms with E-state index in [1.54, 1.807) is 6.92 Å². The highest BCUT2D eigenvalue weighted by atomic mass is 16.6. The predicted octanol–water partition coefficient (Wildman–Crippen LogP) is 3.52. The first kappa shape index (κ1) is 31.3. The van der Waals surface area contributed by atoms with Gasteiger partial charge < -0.3 is 25.2 Å². The SMILES string of the molecule is CC(=O)O[C@H]([C@@H](O)C[C@@H](C)C1=C2C(O)[C@H](O)[C@H]3[C@@]4(C)CCC(=O)C(C)(C)[C@@H]4CC[C@]3(C)[C@@]2(C)CC1=O)C(C)(C)O. The predicted molar refractivity (Wildman–Crippen MR) is 149 cm³/mol. The maximum Gasteiger partial charge on any atom is 0.303 e. The van der Waals surface area contributed by atoms with Gasteiger partial charge in [0.1, 0.15) is 11.9 Å². The lowest BCUT2D eigenvalue weighted by Crippen LogP contribution is -2.68. The molecule has 0 heterocycles. The van der Waals surface area contributed by atoms with Crippen molar-refractivity contribution < 1.29 is 39.5 Å². The summed E-state index contributed by atoms with van der Waals surface area (Å²) in [5.41, 5.74) is -2.62. The molecule has 1 unspecified atom stereocenters. The highest BCUT2D eigenvalue weighted by Gasteiger charge is 2.72.